The van der Waals surface area contributed by atoms with E-state index >= 15 is 0 Å². The molecule has 3 fully saturated rings. The van der Waals surface area contributed by atoms with Crippen molar-refractivity contribution in [1.29, 1.82) is 0 Å². The Kier molecular flexibility index (Phi) is 364. The summed E-state index contributed by atoms with van der Waals surface area (Å²) in [6.07, 6.45) is 20.4. The molecular formula is C66H144N5O12Pt5-3. The monoisotopic (exact) mass is 2170 g/mol. The van der Waals surface area contributed by atoms with Crippen molar-refractivity contribution in [2.75, 3.05) is 0 Å². The SMILES string of the molecule is CC(=O)O.CC(=O)O.CCC.CCC.CCC.CCC.CCC.Cc1ccccn1.O=C(O)C(=O)O.O=C(O)C1(C(=O)O)CCC1.[CH2-]C.[CH2-]C.[CH2-]C.[CH2-]C.[CH2-]C.[CH2-]C.[CH2-]C.[CH2-]C.[CH2-]C.[CH2-]C.[CH2-]C1CCCCC1[NH-].[NH-]C1CCCCC1.[NH2-].[NH2-].[Pt+2].[Pt+2].[Pt+4].[Pt+4].[Pt]. The summed E-state index contributed by atoms with van der Waals surface area (Å²) < 4.78 is 0. The topological polar surface area (TPSA) is 351 Å². The van der Waals surface area contributed by atoms with E-state index in [1.807, 2.05) is 25.1 Å². The maximum atomic E-state index is 10.4. The van der Waals surface area contributed by atoms with E-state index in [0.717, 1.165) is 38.8 Å². The van der Waals surface area contributed by atoms with E-state index in [1.54, 1.807) is 75.4 Å². The molecule has 3 aliphatic carbocycles. The molecule has 1 heterocycles. The Bertz CT molecular complexity index is 1090. The second kappa shape index (κ2) is 191. The Balaban J connectivity index is -0.0000000210. The van der Waals surface area contributed by atoms with Gasteiger partial charge >= 0.3 is 108 Å². The minimum Gasteiger partial charge on any atom is -0.693 e. The maximum Gasteiger partial charge on any atom is 4.00 e. The van der Waals surface area contributed by atoms with Crippen LogP contribution < -0.4 is 0 Å². The summed E-state index contributed by atoms with van der Waals surface area (Å²) in [4.78, 5) is 60.9. The molecule has 17 nitrogen and oxygen atoms in total. The molecule has 0 aromatic carbocycles. The number of hydrogen-bond acceptors (Lipinski definition) is 7. The van der Waals surface area contributed by atoms with Gasteiger partial charge < -0.3 is 131 Å². The van der Waals surface area contributed by atoms with Crippen LogP contribution in [0.2, 0.25) is 0 Å². The van der Waals surface area contributed by atoms with Gasteiger partial charge in [-0.05, 0) is 38.3 Å². The molecule has 2 unspecified atom stereocenters. The molecule has 1 aromatic heterocycles. The number of aryl methyl sites for hydroxylation is 1. The third-order valence-electron chi connectivity index (χ3n) is 6.54. The molecular weight excluding hydrogens is 2030 g/mol. The van der Waals surface area contributed by atoms with Crippen molar-refractivity contribution in [3.05, 3.63) is 130 Å². The van der Waals surface area contributed by atoms with E-state index < -0.39 is 41.2 Å². The van der Waals surface area contributed by atoms with E-state index in [0.29, 0.717) is 12.3 Å². The van der Waals surface area contributed by atoms with Gasteiger partial charge in [0.1, 0.15) is 0 Å². The predicted molar refractivity (Wildman–Crippen MR) is 370 cm³/mol. The van der Waals surface area contributed by atoms with Crippen LogP contribution in [0.3, 0.4) is 0 Å². The van der Waals surface area contributed by atoms with Crippen LogP contribution in [0, 0.1) is 94.4 Å². The van der Waals surface area contributed by atoms with Crippen molar-refractivity contribution in [3.8, 4) is 0 Å². The van der Waals surface area contributed by atoms with Gasteiger partial charge in [-0.25, -0.2) is 9.59 Å². The quantitative estimate of drug-likeness (QED) is 0.0912. The molecule has 3 aliphatic rings. The molecule has 1 aromatic rings. The Morgan fingerprint density at radius 2 is 0.682 bits per heavy atom. The summed E-state index contributed by atoms with van der Waals surface area (Å²) in [6, 6.07) is 6.28. The van der Waals surface area contributed by atoms with Crippen molar-refractivity contribution in [3.63, 3.8) is 0 Å². The molecule has 0 bridgehead atoms. The van der Waals surface area contributed by atoms with Crippen molar-refractivity contribution >= 4 is 35.8 Å². The van der Waals surface area contributed by atoms with Gasteiger partial charge in [0.15, 0.2) is 5.41 Å². The summed E-state index contributed by atoms with van der Waals surface area (Å²) in [5, 5.41) is 46.6. The first-order valence-corrected chi connectivity index (χ1v) is 28.9. The predicted octanol–water partition coefficient (Wildman–Crippen LogP) is 22.8. The third kappa shape index (κ3) is 240. The van der Waals surface area contributed by atoms with Crippen LogP contribution >= 0.6 is 0 Å². The van der Waals surface area contributed by atoms with E-state index in [-0.39, 0.29) is 143 Å². The van der Waals surface area contributed by atoms with Crippen LogP contribution in [0.15, 0.2) is 24.4 Å². The van der Waals surface area contributed by atoms with Gasteiger partial charge in [-0.3, -0.25) is 24.2 Å². The van der Waals surface area contributed by atoms with Gasteiger partial charge in [-0.15, -0.1) is 6.04 Å². The van der Waals surface area contributed by atoms with Crippen LogP contribution in [0.25, 0.3) is 23.8 Å². The summed E-state index contributed by atoms with van der Waals surface area (Å²) in [5.41, 5.74) is 14.3. The number of carboxylic acid groups (broad SMARTS) is 6. The van der Waals surface area contributed by atoms with Crippen molar-refractivity contribution in [1.82, 2.24) is 4.98 Å². The number of rotatable bonds is 2. The summed E-state index contributed by atoms with van der Waals surface area (Å²) in [6.45, 7) is 79.3. The normalized spacial score (nSPS) is 11.5. The molecule has 12 N–H and O–H groups in total. The fraction of sp³-hybridized carbons (Fsp3) is 0.667. The van der Waals surface area contributed by atoms with Crippen molar-refractivity contribution in [2.24, 2.45) is 11.3 Å². The molecule has 4 rings (SSSR count). The number of nitrogens with one attached hydrogen (secondary N) is 2. The van der Waals surface area contributed by atoms with E-state index in [9.17, 15) is 9.59 Å². The molecule has 558 valence electrons. The Morgan fingerprint density at radius 3 is 0.761 bits per heavy atom. The zero-order valence-electron chi connectivity index (χ0n) is 60.2. The Labute approximate surface area is 622 Å². The second-order valence-corrected chi connectivity index (χ2v) is 14.2. The maximum absolute atomic E-state index is 10.4. The minimum atomic E-state index is -1.82. The van der Waals surface area contributed by atoms with Gasteiger partial charge in [0.25, 0.3) is 11.9 Å². The number of nitrogens with zero attached hydrogens (tertiary/aromatic N) is 1. The van der Waals surface area contributed by atoms with Crippen LogP contribution in [0.4, 0.5) is 0 Å². The van der Waals surface area contributed by atoms with Gasteiger partial charge in [-0.2, -0.15) is 81.2 Å². The molecule has 0 radical (unpaired) electrons. The summed E-state index contributed by atoms with van der Waals surface area (Å²) in [7, 11) is 0. The first-order chi connectivity index (χ1) is 38.4. The number of carboxylic acids is 6. The number of carbonyl (C=O) groups is 6. The van der Waals surface area contributed by atoms with E-state index in [4.69, 9.17) is 61.3 Å². The first-order valence-electron chi connectivity index (χ1n) is 28.9. The Hall–Kier alpha value is -0.748. The summed E-state index contributed by atoms with van der Waals surface area (Å²) >= 11 is 0. The minimum absolute atomic E-state index is 0. The van der Waals surface area contributed by atoms with E-state index in [2.05, 4.69) is 150 Å². The van der Waals surface area contributed by atoms with Gasteiger partial charge in [0.2, 0.25) is 0 Å². The molecule has 88 heavy (non-hydrogen) atoms. The van der Waals surface area contributed by atoms with Crippen LogP contribution in [-0.2, 0) is 134 Å². The van der Waals surface area contributed by atoms with Gasteiger partial charge in [0.05, 0.1) is 0 Å². The standard InChI is InChI=1S/C7H13N.C6H7N.C6H12N.C6H8O4.5C3H8.C2H2O4.2C2H4O2.10C2H5.2H2N.5Pt/c1-6-4-2-3-5-7(6)8;1-6-4-2-3-5-7-6;7-6-4-2-1-3-5-6;7-4(8)6(5(9)10)2-1-3-6;5*1-3-2;3-1(4)2(5)6;2*1-2(3)4;10*1-2;;;;;;;/h6-8H,1-5H2;2-5H,1H3;6-7H,1-5H2;1-3H2,(H,7,8)(H,9,10);5*3H2,1-2H3;(H,3,4)(H,5,6);2*1H3,(H,3,4);10*1H2,2H3;2*1H2;;;;;/q-2;;-1;;;;;;;;;;12*-1;;2*+2;2*+4. The first kappa shape index (κ1) is 167. The number of hydrogen-bond donors (Lipinski definition) is 6. The number of aromatic nitrogens is 1. The number of nitrogens with two attached hydrogens (primary N) is 2. The van der Waals surface area contributed by atoms with Gasteiger partial charge in [0, 0.05) is 46.8 Å². The molecule has 0 amide bonds. The van der Waals surface area contributed by atoms with Gasteiger partial charge in [-0.1, -0.05) is 165 Å². The molecule has 3 saturated carbocycles. The van der Waals surface area contributed by atoms with E-state index in [1.165, 1.54) is 70.6 Å². The number of pyridine rings is 1. The van der Waals surface area contributed by atoms with Crippen LogP contribution in [-0.4, -0.2) is 83.5 Å². The van der Waals surface area contributed by atoms with Crippen molar-refractivity contribution < 1.29 is 165 Å². The Morgan fingerprint density at radius 1 is 0.466 bits per heavy atom. The van der Waals surface area contributed by atoms with Crippen LogP contribution in [0.1, 0.15) is 267 Å². The average molecular weight is 2180 g/mol. The molecule has 0 aliphatic heterocycles. The van der Waals surface area contributed by atoms with Crippen molar-refractivity contribution in [2.45, 2.75) is 280 Å². The number of aliphatic carboxylic acids is 6. The molecule has 0 saturated heterocycles. The molecule has 22 heteroatoms. The smallest absolute Gasteiger partial charge is 0.693 e. The fourth-order valence-corrected chi connectivity index (χ4v) is 3.81. The molecule has 2 atom stereocenters. The zero-order valence-corrected chi connectivity index (χ0v) is 71.5. The molecule has 0 spiro atoms. The second-order valence-electron chi connectivity index (χ2n) is 14.2. The summed E-state index contributed by atoms with van der Waals surface area (Å²) in [5.74, 6) is -7.30. The van der Waals surface area contributed by atoms with Crippen LogP contribution in [0.5, 0.6) is 0 Å². The average Bonchev–Trinajstić information content (AvgIpc) is 3.44. The largest absolute Gasteiger partial charge is 4.00 e. The zero-order chi connectivity index (χ0) is 69.8. The fourth-order valence-electron chi connectivity index (χ4n) is 3.81. The third-order valence-corrected chi connectivity index (χ3v) is 6.54.